The minimum Gasteiger partial charge on any atom is -0.494 e. The lowest BCUT2D eigenvalue weighted by Crippen LogP contribution is -2.25. The Hall–Kier alpha value is -2.30. The van der Waals surface area contributed by atoms with Crippen LogP contribution in [0.3, 0.4) is 0 Å². The first-order valence-corrected chi connectivity index (χ1v) is 7.27. The molecule has 112 valence electrons. The number of rotatable bonds is 9. The molecule has 2 aromatic rings. The zero-order valence-corrected chi connectivity index (χ0v) is 12.0. The van der Waals surface area contributed by atoms with Crippen molar-refractivity contribution in [3.05, 3.63) is 48.5 Å². The Bertz CT molecular complexity index is 512. The third kappa shape index (κ3) is 6.12. The molecule has 0 aliphatic heterocycles. The summed E-state index contributed by atoms with van der Waals surface area (Å²) >= 11 is 0. The highest BCUT2D eigenvalue weighted by atomic mass is 16.5. The second-order valence-corrected chi connectivity index (χ2v) is 4.75. The third-order valence-corrected chi connectivity index (χ3v) is 3.03. The minimum absolute atomic E-state index is 0.0751. The van der Waals surface area contributed by atoms with E-state index in [1.54, 1.807) is 12.4 Å². The predicted octanol–water partition coefficient (Wildman–Crippen LogP) is 2.32. The van der Waals surface area contributed by atoms with Crippen LogP contribution in [0.2, 0.25) is 0 Å². The zero-order chi connectivity index (χ0) is 14.8. The molecular weight excluding hydrogens is 266 g/mol. The van der Waals surface area contributed by atoms with Crippen molar-refractivity contribution in [3.8, 4) is 5.75 Å². The molecule has 0 aliphatic rings. The molecule has 1 aromatic heterocycles. The summed E-state index contributed by atoms with van der Waals surface area (Å²) in [5.74, 6) is 1.88. The summed E-state index contributed by atoms with van der Waals surface area (Å²) in [7, 11) is 0. The van der Waals surface area contributed by atoms with Crippen molar-refractivity contribution in [3.63, 3.8) is 0 Å². The Morgan fingerprint density at radius 1 is 1.24 bits per heavy atom. The Morgan fingerprint density at radius 3 is 2.86 bits per heavy atom. The summed E-state index contributed by atoms with van der Waals surface area (Å²) in [6, 6.07) is 9.63. The molecule has 0 saturated carbocycles. The standard InChI is InChI=1S/C16H21N3O2/c20-16(19-10-4-8-15-17-11-12-18-15)9-5-13-21-14-6-2-1-3-7-14/h1-3,6-7,11-12H,4-5,8-10,13H2,(H,17,18)(H,19,20). The van der Waals surface area contributed by atoms with Crippen molar-refractivity contribution in [1.29, 1.82) is 0 Å². The Balaban J connectivity index is 1.48. The van der Waals surface area contributed by atoms with Crippen molar-refractivity contribution in [1.82, 2.24) is 15.3 Å². The van der Waals surface area contributed by atoms with Crippen LogP contribution < -0.4 is 10.1 Å². The summed E-state index contributed by atoms with van der Waals surface area (Å²) in [5.41, 5.74) is 0. The lowest BCUT2D eigenvalue weighted by Gasteiger charge is -2.06. The van der Waals surface area contributed by atoms with Gasteiger partial charge in [0.2, 0.25) is 5.91 Å². The third-order valence-electron chi connectivity index (χ3n) is 3.03. The van der Waals surface area contributed by atoms with E-state index in [-0.39, 0.29) is 5.91 Å². The maximum absolute atomic E-state index is 11.6. The molecule has 1 heterocycles. The first-order valence-electron chi connectivity index (χ1n) is 7.27. The van der Waals surface area contributed by atoms with E-state index in [9.17, 15) is 4.79 Å². The molecule has 21 heavy (non-hydrogen) atoms. The van der Waals surface area contributed by atoms with E-state index >= 15 is 0 Å². The molecule has 5 heteroatoms. The number of nitrogens with one attached hydrogen (secondary N) is 2. The number of H-pyrrole nitrogens is 1. The fraction of sp³-hybridized carbons (Fsp3) is 0.375. The average Bonchev–Trinajstić information content (AvgIpc) is 3.02. The van der Waals surface area contributed by atoms with Gasteiger partial charge in [-0.15, -0.1) is 0 Å². The van der Waals surface area contributed by atoms with E-state index in [0.29, 0.717) is 19.6 Å². The minimum atomic E-state index is 0.0751. The number of hydrogen-bond acceptors (Lipinski definition) is 3. The summed E-state index contributed by atoms with van der Waals surface area (Å²) in [4.78, 5) is 18.8. The number of ether oxygens (including phenoxy) is 1. The van der Waals surface area contributed by atoms with Crippen LogP contribution in [0.15, 0.2) is 42.7 Å². The number of nitrogens with zero attached hydrogens (tertiary/aromatic N) is 1. The van der Waals surface area contributed by atoms with Gasteiger partial charge in [-0.3, -0.25) is 4.79 Å². The molecular formula is C16H21N3O2. The summed E-state index contributed by atoms with van der Waals surface area (Å²) in [6.45, 7) is 1.24. The summed E-state index contributed by atoms with van der Waals surface area (Å²) < 4.78 is 5.54. The quantitative estimate of drug-likeness (QED) is 0.696. The number of amides is 1. The second-order valence-electron chi connectivity index (χ2n) is 4.75. The van der Waals surface area contributed by atoms with Crippen LogP contribution in [0.25, 0.3) is 0 Å². The molecule has 5 nitrogen and oxygen atoms in total. The molecule has 2 rings (SSSR count). The lowest BCUT2D eigenvalue weighted by molar-refractivity contribution is -0.121. The number of carbonyl (C=O) groups is 1. The number of para-hydroxylation sites is 1. The Morgan fingerprint density at radius 2 is 2.10 bits per heavy atom. The first kappa shape index (κ1) is 15.1. The number of aromatic amines is 1. The van der Waals surface area contributed by atoms with E-state index in [0.717, 1.165) is 30.8 Å². The highest BCUT2D eigenvalue weighted by Crippen LogP contribution is 2.08. The molecule has 0 saturated heterocycles. The molecule has 0 atom stereocenters. The number of hydrogen-bond donors (Lipinski definition) is 2. The summed E-state index contributed by atoms with van der Waals surface area (Å²) in [5, 5.41) is 2.91. The van der Waals surface area contributed by atoms with Crippen LogP contribution >= 0.6 is 0 Å². The van der Waals surface area contributed by atoms with Gasteiger partial charge in [0.05, 0.1) is 6.61 Å². The van der Waals surface area contributed by atoms with Crippen molar-refractivity contribution in [2.45, 2.75) is 25.7 Å². The molecule has 2 N–H and O–H groups in total. The van der Waals surface area contributed by atoms with Gasteiger partial charge in [-0.2, -0.15) is 0 Å². The van der Waals surface area contributed by atoms with Crippen molar-refractivity contribution < 1.29 is 9.53 Å². The van der Waals surface area contributed by atoms with Gasteiger partial charge >= 0.3 is 0 Å². The van der Waals surface area contributed by atoms with Crippen molar-refractivity contribution in [2.75, 3.05) is 13.2 Å². The highest BCUT2D eigenvalue weighted by Gasteiger charge is 2.01. The zero-order valence-electron chi connectivity index (χ0n) is 12.0. The van der Waals surface area contributed by atoms with E-state index in [4.69, 9.17) is 4.74 Å². The Kier molecular flexibility index (Phi) is 6.32. The van der Waals surface area contributed by atoms with Gasteiger partial charge in [-0.25, -0.2) is 4.98 Å². The van der Waals surface area contributed by atoms with Crippen LogP contribution in [0, 0.1) is 0 Å². The second kappa shape index (κ2) is 8.79. The molecule has 0 unspecified atom stereocenters. The van der Waals surface area contributed by atoms with E-state index in [1.807, 2.05) is 30.3 Å². The van der Waals surface area contributed by atoms with Crippen LogP contribution in [-0.2, 0) is 11.2 Å². The number of aromatic nitrogens is 2. The normalized spacial score (nSPS) is 10.3. The molecule has 1 aromatic carbocycles. The lowest BCUT2D eigenvalue weighted by atomic mass is 10.2. The highest BCUT2D eigenvalue weighted by molar-refractivity contribution is 5.75. The maximum Gasteiger partial charge on any atom is 0.220 e. The molecule has 0 spiro atoms. The topological polar surface area (TPSA) is 67.0 Å². The van der Waals surface area contributed by atoms with Crippen LogP contribution in [-0.4, -0.2) is 29.0 Å². The SMILES string of the molecule is O=C(CCCOc1ccccc1)NCCCc1ncc[nH]1. The molecule has 0 bridgehead atoms. The van der Waals surface area contributed by atoms with E-state index in [1.165, 1.54) is 0 Å². The number of benzene rings is 1. The fourth-order valence-electron chi connectivity index (χ4n) is 1.95. The van der Waals surface area contributed by atoms with Crippen molar-refractivity contribution >= 4 is 5.91 Å². The first-order chi connectivity index (χ1) is 10.3. The van der Waals surface area contributed by atoms with Crippen LogP contribution in [0.5, 0.6) is 5.75 Å². The predicted molar refractivity (Wildman–Crippen MR) is 81.1 cm³/mol. The number of imidazole rings is 1. The van der Waals surface area contributed by atoms with Gasteiger partial charge in [-0.05, 0) is 25.0 Å². The van der Waals surface area contributed by atoms with Gasteiger partial charge in [-0.1, -0.05) is 18.2 Å². The molecule has 1 amide bonds. The van der Waals surface area contributed by atoms with E-state index in [2.05, 4.69) is 15.3 Å². The van der Waals surface area contributed by atoms with Gasteiger partial charge in [0.15, 0.2) is 0 Å². The number of carbonyl (C=O) groups excluding carboxylic acids is 1. The molecule has 0 radical (unpaired) electrons. The van der Waals surface area contributed by atoms with Gasteiger partial charge < -0.3 is 15.0 Å². The van der Waals surface area contributed by atoms with Gasteiger partial charge in [0.1, 0.15) is 11.6 Å². The molecule has 0 aliphatic carbocycles. The number of aryl methyl sites for hydroxylation is 1. The average molecular weight is 287 g/mol. The maximum atomic E-state index is 11.6. The van der Waals surface area contributed by atoms with E-state index < -0.39 is 0 Å². The van der Waals surface area contributed by atoms with Gasteiger partial charge in [0, 0.05) is 31.8 Å². The Labute approximate surface area is 124 Å². The smallest absolute Gasteiger partial charge is 0.220 e. The largest absolute Gasteiger partial charge is 0.494 e. The van der Waals surface area contributed by atoms with Crippen LogP contribution in [0.1, 0.15) is 25.1 Å². The fourth-order valence-corrected chi connectivity index (χ4v) is 1.95. The summed E-state index contributed by atoms with van der Waals surface area (Å²) in [6.07, 6.45) is 6.50. The van der Waals surface area contributed by atoms with Crippen molar-refractivity contribution in [2.24, 2.45) is 0 Å². The van der Waals surface area contributed by atoms with Crippen LogP contribution in [0.4, 0.5) is 0 Å². The molecule has 0 fully saturated rings. The van der Waals surface area contributed by atoms with Gasteiger partial charge in [0.25, 0.3) is 0 Å². The monoisotopic (exact) mass is 287 g/mol.